The molecule has 30 heavy (non-hydrogen) atoms. The highest BCUT2D eigenvalue weighted by atomic mass is 16.6. The number of carbonyl (C=O) groups is 1. The summed E-state index contributed by atoms with van der Waals surface area (Å²) in [4.78, 5) is 14.2. The zero-order valence-corrected chi connectivity index (χ0v) is 19.9. The van der Waals surface area contributed by atoms with Crippen molar-refractivity contribution in [3.8, 4) is 0 Å². The molecule has 2 rings (SSSR count). The van der Waals surface area contributed by atoms with E-state index in [1.807, 2.05) is 25.7 Å². The lowest BCUT2D eigenvalue weighted by Crippen LogP contribution is -2.42. The first-order valence-electron chi connectivity index (χ1n) is 11.5. The molecule has 0 aliphatic carbocycles. The van der Waals surface area contributed by atoms with E-state index < -0.39 is 5.60 Å². The number of nitrogens with one attached hydrogen (secondary N) is 1. The summed E-state index contributed by atoms with van der Waals surface area (Å²) in [6.45, 7) is 13.6. The van der Waals surface area contributed by atoms with Crippen LogP contribution in [0.25, 0.3) is 0 Å². The van der Waals surface area contributed by atoms with Crippen molar-refractivity contribution in [1.82, 2.24) is 4.90 Å². The van der Waals surface area contributed by atoms with Crippen LogP contribution in [0.2, 0.25) is 0 Å². The standard InChI is InChI=1S/C25H42N2O3/c1-19-9-7-8-10-23(19)26-18-20(2)22(13-16-29-6)17-21-11-14-27(15-12-21)24(28)30-25(3,4)5/h7-10,20-22,26H,11-18H2,1-6H3/t20?,22-/m1/s1. The number of carbonyl (C=O) groups excluding carboxylic acids is 1. The van der Waals surface area contributed by atoms with E-state index in [0.717, 1.165) is 45.5 Å². The fourth-order valence-corrected chi connectivity index (χ4v) is 4.22. The summed E-state index contributed by atoms with van der Waals surface area (Å²) >= 11 is 0. The summed E-state index contributed by atoms with van der Waals surface area (Å²) in [7, 11) is 1.78. The molecule has 1 aliphatic heterocycles. The van der Waals surface area contributed by atoms with Crippen LogP contribution in [0.15, 0.2) is 24.3 Å². The molecule has 170 valence electrons. The molecule has 1 amide bonds. The molecule has 0 bridgehead atoms. The number of anilines is 1. The van der Waals surface area contributed by atoms with Crippen LogP contribution >= 0.6 is 0 Å². The Morgan fingerprint density at radius 1 is 1.23 bits per heavy atom. The summed E-state index contributed by atoms with van der Waals surface area (Å²) in [5, 5.41) is 3.64. The largest absolute Gasteiger partial charge is 0.444 e. The molecular formula is C25H42N2O3. The SMILES string of the molecule is COCC[C@H](CC1CCN(C(=O)OC(C)(C)C)CC1)C(C)CNc1ccccc1C. The van der Waals surface area contributed by atoms with E-state index in [1.54, 1.807) is 7.11 Å². The molecule has 5 heteroatoms. The summed E-state index contributed by atoms with van der Waals surface area (Å²) < 4.78 is 10.9. The number of para-hydroxylation sites is 1. The Labute approximate surface area is 183 Å². The van der Waals surface area contributed by atoms with Crippen LogP contribution in [-0.4, -0.2) is 49.9 Å². The highest BCUT2D eigenvalue weighted by Gasteiger charge is 2.29. The van der Waals surface area contributed by atoms with E-state index in [-0.39, 0.29) is 6.09 Å². The summed E-state index contributed by atoms with van der Waals surface area (Å²) in [6, 6.07) is 8.46. The van der Waals surface area contributed by atoms with E-state index in [1.165, 1.54) is 17.7 Å². The van der Waals surface area contributed by atoms with Crippen LogP contribution in [0.4, 0.5) is 10.5 Å². The lowest BCUT2D eigenvalue weighted by molar-refractivity contribution is 0.0169. The molecule has 0 radical (unpaired) electrons. The Morgan fingerprint density at radius 2 is 1.90 bits per heavy atom. The number of methoxy groups -OCH3 is 1. The number of ether oxygens (including phenoxy) is 2. The van der Waals surface area contributed by atoms with Crippen molar-refractivity contribution >= 4 is 11.8 Å². The van der Waals surface area contributed by atoms with Crippen LogP contribution in [-0.2, 0) is 9.47 Å². The van der Waals surface area contributed by atoms with Gasteiger partial charge in [-0.25, -0.2) is 4.79 Å². The molecule has 1 unspecified atom stereocenters. The number of nitrogens with zero attached hydrogens (tertiary/aromatic N) is 1. The minimum Gasteiger partial charge on any atom is -0.444 e. The summed E-state index contributed by atoms with van der Waals surface area (Å²) in [5.41, 5.74) is 2.08. The van der Waals surface area contributed by atoms with Gasteiger partial charge in [-0.3, -0.25) is 0 Å². The van der Waals surface area contributed by atoms with Crippen molar-refractivity contribution in [3.05, 3.63) is 29.8 Å². The molecule has 1 heterocycles. The Hall–Kier alpha value is -1.75. The highest BCUT2D eigenvalue weighted by molar-refractivity contribution is 5.68. The minimum atomic E-state index is -0.432. The van der Waals surface area contributed by atoms with Gasteiger partial charge >= 0.3 is 6.09 Å². The van der Waals surface area contributed by atoms with Crippen LogP contribution in [0.5, 0.6) is 0 Å². The fraction of sp³-hybridized carbons (Fsp3) is 0.720. The summed E-state index contributed by atoms with van der Waals surface area (Å²) in [6.07, 6.45) is 4.22. The lowest BCUT2D eigenvalue weighted by Gasteiger charge is -2.36. The second-order valence-electron chi connectivity index (χ2n) is 9.86. The van der Waals surface area contributed by atoms with Gasteiger partial charge in [-0.15, -0.1) is 0 Å². The molecule has 2 atom stereocenters. The number of likely N-dealkylation sites (tertiary alicyclic amines) is 1. The Kier molecular flexibility index (Phi) is 9.47. The third-order valence-electron chi connectivity index (χ3n) is 6.16. The monoisotopic (exact) mass is 418 g/mol. The van der Waals surface area contributed by atoms with Crippen molar-refractivity contribution in [1.29, 1.82) is 0 Å². The van der Waals surface area contributed by atoms with Crippen LogP contribution in [0.3, 0.4) is 0 Å². The second kappa shape index (κ2) is 11.6. The molecule has 1 fully saturated rings. The third-order valence-corrected chi connectivity index (χ3v) is 6.16. The zero-order valence-electron chi connectivity index (χ0n) is 19.9. The molecule has 1 saturated heterocycles. The molecule has 0 saturated carbocycles. The number of hydrogen-bond acceptors (Lipinski definition) is 4. The fourth-order valence-electron chi connectivity index (χ4n) is 4.22. The van der Waals surface area contributed by atoms with Gasteiger partial charge < -0.3 is 19.7 Å². The van der Waals surface area contributed by atoms with Gasteiger partial charge in [-0.2, -0.15) is 0 Å². The second-order valence-corrected chi connectivity index (χ2v) is 9.86. The maximum Gasteiger partial charge on any atom is 0.410 e. The van der Waals surface area contributed by atoms with Gasteiger partial charge in [0.25, 0.3) is 0 Å². The van der Waals surface area contributed by atoms with Crippen molar-refractivity contribution in [2.24, 2.45) is 17.8 Å². The maximum absolute atomic E-state index is 12.3. The molecule has 0 spiro atoms. The molecule has 1 aliphatic rings. The first kappa shape index (κ1) is 24.5. The highest BCUT2D eigenvalue weighted by Crippen LogP contribution is 2.31. The van der Waals surface area contributed by atoms with Crippen LogP contribution in [0.1, 0.15) is 58.9 Å². The van der Waals surface area contributed by atoms with Gasteiger partial charge in [0.2, 0.25) is 0 Å². The van der Waals surface area contributed by atoms with Gasteiger partial charge in [-0.1, -0.05) is 25.1 Å². The number of rotatable bonds is 9. The number of hydrogen-bond donors (Lipinski definition) is 1. The molecule has 1 aromatic rings. The zero-order chi connectivity index (χ0) is 22.1. The smallest absolute Gasteiger partial charge is 0.410 e. The summed E-state index contributed by atoms with van der Waals surface area (Å²) in [5.74, 6) is 1.83. The average molecular weight is 419 g/mol. The quantitative estimate of drug-likeness (QED) is 0.556. The lowest BCUT2D eigenvalue weighted by atomic mass is 9.80. The van der Waals surface area contributed by atoms with Gasteiger partial charge in [0.05, 0.1) is 0 Å². The number of piperidine rings is 1. The van der Waals surface area contributed by atoms with Crippen LogP contribution in [0, 0.1) is 24.7 Å². The number of benzene rings is 1. The van der Waals surface area contributed by atoms with Crippen LogP contribution < -0.4 is 5.32 Å². The van der Waals surface area contributed by atoms with E-state index in [9.17, 15) is 4.79 Å². The molecule has 1 aromatic carbocycles. The maximum atomic E-state index is 12.3. The van der Waals surface area contributed by atoms with Gasteiger partial charge in [0.1, 0.15) is 5.60 Å². The van der Waals surface area contributed by atoms with E-state index in [0.29, 0.717) is 17.8 Å². The van der Waals surface area contributed by atoms with Gasteiger partial charge in [0.15, 0.2) is 0 Å². The number of amides is 1. The van der Waals surface area contributed by atoms with Crippen molar-refractivity contribution < 1.29 is 14.3 Å². The Morgan fingerprint density at radius 3 is 2.50 bits per heavy atom. The molecule has 1 N–H and O–H groups in total. The molecule has 5 nitrogen and oxygen atoms in total. The van der Waals surface area contributed by atoms with E-state index in [2.05, 4.69) is 43.4 Å². The Bertz CT molecular complexity index is 648. The van der Waals surface area contributed by atoms with Gasteiger partial charge in [-0.05, 0) is 82.8 Å². The minimum absolute atomic E-state index is 0.173. The molecule has 0 aromatic heterocycles. The predicted octanol–water partition coefficient (Wildman–Crippen LogP) is 5.73. The van der Waals surface area contributed by atoms with Crippen molar-refractivity contribution in [3.63, 3.8) is 0 Å². The van der Waals surface area contributed by atoms with Crippen molar-refractivity contribution in [2.75, 3.05) is 38.7 Å². The normalized spacial score (nSPS) is 17.5. The third kappa shape index (κ3) is 8.17. The topological polar surface area (TPSA) is 50.8 Å². The first-order chi connectivity index (χ1) is 14.2. The molecular weight excluding hydrogens is 376 g/mol. The van der Waals surface area contributed by atoms with E-state index >= 15 is 0 Å². The number of aryl methyl sites for hydroxylation is 1. The average Bonchev–Trinajstić information content (AvgIpc) is 2.69. The predicted molar refractivity (Wildman–Crippen MR) is 124 cm³/mol. The Balaban J connectivity index is 1.85. The van der Waals surface area contributed by atoms with Crippen molar-refractivity contribution in [2.45, 2.75) is 65.9 Å². The van der Waals surface area contributed by atoms with E-state index in [4.69, 9.17) is 9.47 Å². The van der Waals surface area contributed by atoms with Gasteiger partial charge in [0, 0.05) is 39.0 Å². The first-order valence-corrected chi connectivity index (χ1v) is 11.5.